The molecule has 0 radical (unpaired) electrons. The number of rotatable bonds is 5. The Balaban J connectivity index is 2.43. The highest BCUT2D eigenvalue weighted by atomic mass is 32.2. The molecule has 16 heavy (non-hydrogen) atoms. The number of carbonyl (C=O) groups is 1. The van der Waals surface area contributed by atoms with E-state index in [0.29, 0.717) is 5.92 Å². The van der Waals surface area contributed by atoms with E-state index in [9.17, 15) is 4.79 Å². The van der Waals surface area contributed by atoms with Gasteiger partial charge in [0.25, 0.3) is 0 Å². The second-order valence-corrected chi connectivity index (χ2v) is 5.92. The normalized spacial score (nSPS) is 22.8. The predicted octanol–water partition coefficient (Wildman–Crippen LogP) is 0.351. The minimum absolute atomic E-state index is 0.00610. The summed E-state index contributed by atoms with van der Waals surface area (Å²) in [4.78, 5) is 14.0. The molecular formula is C11H23N3OS. The number of carbonyl (C=O) groups excluding carboxylic acids is 1. The van der Waals surface area contributed by atoms with Crippen molar-refractivity contribution in [3.63, 3.8) is 0 Å². The summed E-state index contributed by atoms with van der Waals surface area (Å²) in [5, 5.41) is 6.32. The third-order valence-corrected chi connectivity index (χ3v) is 3.67. The van der Waals surface area contributed by atoms with Crippen molar-refractivity contribution in [2.75, 3.05) is 32.3 Å². The van der Waals surface area contributed by atoms with Crippen molar-refractivity contribution >= 4 is 17.7 Å². The van der Waals surface area contributed by atoms with E-state index >= 15 is 0 Å². The molecule has 1 rings (SSSR count). The van der Waals surface area contributed by atoms with Gasteiger partial charge in [0.2, 0.25) is 5.91 Å². The van der Waals surface area contributed by atoms with Crippen LogP contribution in [-0.4, -0.2) is 55.2 Å². The second kappa shape index (κ2) is 6.47. The van der Waals surface area contributed by atoms with Gasteiger partial charge in [-0.1, -0.05) is 13.8 Å². The van der Waals surface area contributed by atoms with Gasteiger partial charge in [0.1, 0.15) is 0 Å². The molecular weight excluding hydrogens is 222 g/mol. The van der Waals surface area contributed by atoms with E-state index < -0.39 is 0 Å². The molecule has 2 N–H and O–H groups in total. The topological polar surface area (TPSA) is 44.4 Å². The van der Waals surface area contributed by atoms with Crippen molar-refractivity contribution in [1.82, 2.24) is 15.5 Å². The second-order valence-electron chi connectivity index (χ2n) is 4.89. The average Bonchev–Trinajstić information content (AvgIpc) is 2.68. The van der Waals surface area contributed by atoms with Gasteiger partial charge in [-0.3, -0.25) is 10.1 Å². The molecule has 1 amide bonds. The monoisotopic (exact) mass is 245 g/mol. The van der Waals surface area contributed by atoms with Crippen molar-refractivity contribution < 1.29 is 4.79 Å². The molecule has 4 nitrogen and oxygen atoms in total. The van der Waals surface area contributed by atoms with Gasteiger partial charge in [0, 0.05) is 24.2 Å². The molecule has 1 heterocycles. The lowest BCUT2D eigenvalue weighted by Gasteiger charge is -2.26. The van der Waals surface area contributed by atoms with Crippen molar-refractivity contribution in [3.8, 4) is 0 Å². The van der Waals surface area contributed by atoms with Crippen LogP contribution in [0.1, 0.15) is 13.8 Å². The first-order valence-electron chi connectivity index (χ1n) is 5.77. The summed E-state index contributed by atoms with van der Waals surface area (Å²) >= 11 is 1.78. The largest absolute Gasteiger partial charge is 0.350 e. The first kappa shape index (κ1) is 13.8. The van der Waals surface area contributed by atoms with Crippen molar-refractivity contribution in [2.24, 2.45) is 5.92 Å². The van der Waals surface area contributed by atoms with Gasteiger partial charge in [0.15, 0.2) is 0 Å². The summed E-state index contributed by atoms with van der Waals surface area (Å²) < 4.78 is 0. The molecule has 0 aromatic rings. The lowest BCUT2D eigenvalue weighted by molar-refractivity contribution is -0.123. The smallest absolute Gasteiger partial charge is 0.238 e. The lowest BCUT2D eigenvalue weighted by atomic mass is 10.0. The minimum Gasteiger partial charge on any atom is -0.350 e. The summed E-state index contributed by atoms with van der Waals surface area (Å²) in [5.74, 6) is 2.38. The Labute approximate surface area is 103 Å². The molecule has 1 saturated heterocycles. The van der Waals surface area contributed by atoms with Gasteiger partial charge in [-0.2, -0.15) is 0 Å². The lowest BCUT2D eigenvalue weighted by Crippen LogP contribution is -2.51. The van der Waals surface area contributed by atoms with E-state index in [-0.39, 0.29) is 18.0 Å². The zero-order valence-electron chi connectivity index (χ0n) is 10.6. The SMILES string of the molecule is CC(C)C(CN(C)C)NC(=O)C1CSCN1. The highest BCUT2D eigenvalue weighted by Gasteiger charge is 2.25. The zero-order valence-corrected chi connectivity index (χ0v) is 11.4. The first-order chi connectivity index (χ1) is 7.50. The summed E-state index contributed by atoms with van der Waals surface area (Å²) in [5.41, 5.74) is 0. The molecule has 0 saturated carbocycles. The fourth-order valence-corrected chi connectivity index (χ4v) is 2.61. The maximum atomic E-state index is 11.9. The Hall–Kier alpha value is -0.260. The third kappa shape index (κ3) is 4.31. The number of nitrogens with zero attached hydrogens (tertiary/aromatic N) is 1. The molecule has 0 aromatic carbocycles. The van der Waals surface area contributed by atoms with Gasteiger partial charge in [-0.25, -0.2) is 0 Å². The van der Waals surface area contributed by atoms with E-state index in [1.807, 2.05) is 14.1 Å². The van der Waals surface area contributed by atoms with E-state index in [2.05, 4.69) is 29.4 Å². The molecule has 2 unspecified atom stereocenters. The zero-order chi connectivity index (χ0) is 12.1. The van der Waals surface area contributed by atoms with E-state index in [1.54, 1.807) is 11.8 Å². The molecule has 0 bridgehead atoms. The van der Waals surface area contributed by atoms with Crippen LogP contribution in [0.2, 0.25) is 0 Å². The number of likely N-dealkylation sites (N-methyl/N-ethyl adjacent to an activating group) is 1. The highest BCUT2D eigenvalue weighted by molar-refractivity contribution is 7.99. The van der Waals surface area contributed by atoms with Crippen LogP contribution in [-0.2, 0) is 4.79 Å². The number of hydrogen-bond acceptors (Lipinski definition) is 4. The van der Waals surface area contributed by atoms with E-state index in [1.165, 1.54) is 0 Å². The van der Waals surface area contributed by atoms with Gasteiger partial charge in [0.05, 0.1) is 6.04 Å². The summed E-state index contributed by atoms with van der Waals surface area (Å²) in [7, 11) is 4.07. The Bertz CT molecular complexity index is 227. The molecule has 2 atom stereocenters. The Morgan fingerprint density at radius 2 is 2.25 bits per heavy atom. The molecule has 1 fully saturated rings. The minimum atomic E-state index is -0.00610. The molecule has 0 aromatic heterocycles. The van der Waals surface area contributed by atoms with Crippen molar-refractivity contribution in [3.05, 3.63) is 0 Å². The van der Waals surface area contributed by atoms with Crippen LogP contribution in [0, 0.1) is 5.92 Å². The molecule has 1 aliphatic heterocycles. The maximum absolute atomic E-state index is 11.9. The van der Waals surface area contributed by atoms with Crippen molar-refractivity contribution in [1.29, 1.82) is 0 Å². The van der Waals surface area contributed by atoms with Crippen LogP contribution in [0.4, 0.5) is 0 Å². The molecule has 1 aliphatic rings. The van der Waals surface area contributed by atoms with E-state index in [0.717, 1.165) is 18.2 Å². The van der Waals surface area contributed by atoms with Gasteiger partial charge >= 0.3 is 0 Å². The summed E-state index contributed by atoms with van der Waals surface area (Å²) in [6.07, 6.45) is 0. The number of amides is 1. The molecule has 0 aliphatic carbocycles. The van der Waals surface area contributed by atoms with Gasteiger partial charge in [-0.15, -0.1) is 11.8 Å². The first-order valence-corrected chi connectivity index (χ1v) is 6.92. The van der Waals surface area contributed by atoms with E-state index in [4.69, 9.17) is 0 Å². The molecule has 0 spiro atoms. The van der Waals surface area contributed by atoms with Crippen LogP contribution in [0.15, 0.2) is 0 Å². The fraction of sp³-hybridized carbons (Fsp3) is 0.909. The summed E-state index contributed by atoms with van der Waals surface area (Å²) in [6.45, 7) is 5.18. The Morgan fingerprint density at radius 3 is 2.69 bits per heavy atom. The van der Waals surface area contributed by atoms with Crippen LogP contribution in [0.3, 0.4) is 0 Å². The highest BCUT2D eigenvalue weighted by Crippen LogP contribution is 2.10. The predicted molar refractivity (Wildman–Crippen MR) is 69.6 cm³/mol. The third-order valence-electron chi connectivity index (χ3n) is 2.73. The summed E-state index contributed by atoms with van der Waals surface area (Å²) in [6, 6.07) is 0.225. The number of hydrogen-bond donors (Lipinski definition) is 2. The molecule has 94 valence electrons. The molecule has 5 heteroatoms. The van der Waals surface area contributed by atoms with Crippen LogP contribution < -0.4 is 10.6 Å². The fourth-order valence-electron chi connectivity index (χ4n) is 1.66. The van der Waals surface area contributed by atoms with Gasteiger partial charge in [-0.05, 0) is 20.0 Å². The standard InChI is InChI=1S/C11H23N3OS/c1-8(2)9(5-14(3)4)13-11(15)10-6-16-7-12-10/h8-10,12H,5-7H2,1-4H3,(H,13,15). The van der Waals surface area contributed by atoms with Crippen LogP contribution >= 0.6 is 11.8 Å². The van der Waals surface area contributed by atoms with Crippen molar-refractivity contribution in [2.45, 2.75) is 25.9 Å². The van der Waals surface area contributed by atoms with Crippen LogP contribution in [0.25, 0.3) is 0 Å². The maximum Gasteiger partial charge on any atom is 0.238 e. The van der Waals surface area contributed by atoms with Gasteiger partial charge < -0.3 is 10.2 Å². The Kier molecular flexibility index (Phi) is 5.58. The average molecular weight is 245 g/mol. The Morgan fingerprint density at radius 1 is 1.56 bits per heavy atom. The van der Waals surface area contributed by atoms with Crippen LogP contribution in [0.5, 0.6) is 0 Å². The number of nitrogens with one attached hydrogen (secondary N) is 2. The quantitative estimate of drug-likeness (QED) is 0.734. The number of thioether (sulfide) groups is 1.